The molecule has 1 aliphatic heterocycles. The first kappa shape index (κ1) is 22.6. The Morgan fingerprint density at radius 1 is 1.29 bits per heavy atom. The van der Waals surface area contributed by atoms with Gasteiger partial charge in [-0.05, 0) is 38.2 Å². The number of likely N-dealkylation sites (N-methyl/N-ethyl adjacent to an activating group) is 1. The van der Waals surface area contributed by atoms with E-state index < -0.39 is 26.0 Å². The maximum absolute atomic E-state index is 12.9. The Hall–Kier alpha value is -1.69. The number of nitrogens with zero attached hydrogens (tertiary/aromatic N) is 2. The van der Waals surface area contributed by atoms with Crippen LogP contribution in [0, 0.1) is 0 Å². The normalized spacial score (nSPS) is 17.9. The van der Waals surface area contributed by atoms with Gasteiger partial charge in [-0.25, -0.2) is 25.9 Å². The van der Waals surface area contributed by atoms with Crippen LogP contribution in [0.4, 0.5) is 5.69 Å². The number of nitrogens with one attached hydrogen (secondary N) is 1. The molecule has 1 fully saturated rings. The van der Waals surface area contributed by atoms with Crippen molar-refractivity contribution in [2.24, 2.45) is 0 Å². The molecule has 1 atom stereocenters. The summed E-state index contributed by atoms with van der Waals surface area (Å²) >= 11 is 0. The van der Waals surface area contributed by atoms with Gasteiger partial charge in [0.1, 0.15) is 10.6 Å². The number of amides is 1. The number of hydrogen-bond donors (Lipinski definition) is 1. The van der Waals surface area contributed by atoms with Crippen LogP contribution in [0.1, 0.15) is 27.2 Å². The van der Waals surface area contributed by atoms with Crippen LogP contribution in [0.5, 0.6) is 5.75 Å². The first-order valence-electron chi connectivity index (χ1n) is 9.05. The second-order valence-electron chi connectivity index (χ2n) is 6.48. The number of ether oxygens (including phenoxy) is 1. The third-order valence-corrected chi connectivity index (χ3v) is 7.89. The van der Waals surface area contributed by atoms with Crippen molar-refractivity contribution in [3.63, 3.8) is 0 Å². The van der Waals surface area contributed by atoms with Gasteiger partial charge in [-0.3, -0.25) is 9.69 Å². The van der Waals surface area contributed by atoms with Crippen molar-refractivity contribution in [3.05, 3.63) is 18.2 Å². The summed E-state index contributed by atoms with van der Waals surface area (Å²) < 4.78 is 58.4. The molecule has 1 heterocycles. The van der Waals surface area contributed by atoms with Crippen molar-refractivity contribution < 1.29 is 26.4 Å². The van der Waals surface area contributed by atoms with E-state index in [1.54, 1.807) is 0 Å². The lowest BCUT2D eigenvalue weighted by Crippen LogP contribution is -2.42. The quantitative estimate of drug-likeness (QED) is 0.612. The first-order valence-corrected chi connectivity index (χ1v) is 12.1. The zero-order valence-electron chi connectivity index (χ0n) is 16.5. The summed E-state index contributed by atoms with van der Waals surface area (Å²) in [4.78, 5) is 13.9. The number of anilines is 1. The lowest BCUT2D eigenvalue weighted by atomic mass is 10.3. The topological polar surface area (TPSA) is 113 Å². The smallest absolute Gasteiger partial charge is 0.244 e. The first-order chi connectivity index (χ1) is 13.1. The van der Waals surface area contributed by atoms with Crippen LogP contribution >= 0.6 is 0 Å². The molecular formula is C17H27N3O6S2. The Bertz CT molecular complexity index is 926. The van der Waals surface area contributed by atoms with E-state index in [1.807, 2.05) is 20.8 Å². The highest BCUT2D eigenvalue weighted by Crippen LogP contribution is 2.32. The number of carbonyl (C=O) groups excluding carboxylic acids is 1. The molecule has 1 saturated heterocycles. The van der Waals surface area contributed by atoms with E-state index in [2.05, 4.69) is 9.62 Å². The SMILES string of the molecule is CCN(CC)[C@@H](C)CNS(=O)(=O)c1cc(N2C(=O)CCS2(=O)=O)ccc1OC. The zero-order chi connectivity index (χ0) is 21.1. The summed E-state index contributed by atoms with van der Waals surface area (Å²) in [6, 6.07) is 3.83. The van der Waals surface area contributed by atoms with Crippen LogP contribution in [-0.4, -0.2) is 66.2 Å². The molecule has 0 bridgehead atoms. The minimum Gasteiger partial charge on any atom is -0.495 e. The molecule has 1 aliphatic rings. The van der Waals surface area contributed by atoms with Gasteiger partial charge < -0.3 is 4.74 Å². The molecule has 28 heavy (non-hydrogen) atoms. The Kier molecular flexibility index (Phi) is 7.07. The van der Waals surface area contributed by atoms with Crippen molar-refractivity contribution in [3.8, 4) is 5.75 Å². The van der Waals surface area contributed by atoms with E-state index in [4.69, 9.17) is 4.74 Å². The summed E-state index contributed by atoms with van der Waals surface area (Å²) in [5, 5.41) is 0. The Labute approximate surface area is 166 Å². The van der Waals surface area contributed by atoms with Gasteiger partial charge in [0.25, 0.3) is 0 Å². The van der Waals surface area contributed by atoms with Crippen molar-refractivity contribution in [2.45, 2.75) is 38.1 Å². The number of methoxy groups -OCH3 is 1. The van der Waals surface area contributed by atoms with Gasteiger partial charge in [-0.2, -0.15) is 0 Å². The van der Waals surface area contributed by atoms with E-state index in [-0.39, 0.29) is 41.1 Å². The predicted octanol–water partition coefficient (Wildman–Crippen LogP) is 0.770. The summed E-state index contributed by atoms with van der Waals surface area (Å²) in [6.45, 7) is 7.65. The summed E-state index contributed by atoms with van der Waals surface area (Å²) in [5.41, 5.74) is -0.0135. The van der Waals surface area contributed by atoms with E-state index in [1.165, 1.54) is 19.2 Å². The van der Waals surface area contributed by atoms with E-state index in [0.29, 0.717) is 4.31 Å². The second-order valence-corrected chi connectivity index (χ2v) is 10.2. The van der Waals surface area contributed by atoms with Crippen molar-refractivity contribution in [1.82, 2.24) is 9.62 Å². The van der Waals surface area contributed by atoms with Crippen LogP contribution < -0.4 is 13.8 Å². The molecule has 0 aliphatic carbocycles. The maximum Gasteiger partial charge on any atom is 0.244 e. The Morgan fingerprint density at radius 3 is 2.43 bits per heavy atom. The molecule has 0 radical (unpaired) electrons. The molecule has 0 unspecified atom stereocenters. The lowest BCUT2D eigenvalue weighted by Gasteiger charge is -2.26. The van der Waals surface area contributed by atoms with Crippen LogP contribution in [0.25, 0.3) is 0 Å². The zero-order valence-corrected chi connectivity index (χ0v) is 18.1. The number of sulfonamides is 2. The van der Waals surface area contributed by atoms with E-state index >= 15 is 0 Å². The number of hydrogen-bond acceptors (Lipinski definition) is 7. The molecule has 158 valence electrons. The number of benzene rings is 1. The summed E-state index contributed by atoms with van der Waals surface area (Å²) in [7, 11) is -6.46. The van der Waals surface area contributed by atoms with Crippen molar-refractivity contribution in [2.75, 3.05) is 36.8 Å². The van der Waals surface area contributed by atoms with Crippen LogP contribution in [-0.2, 0) is 24.8 Å². The standard InChI is InChI=1S/C17H27N3O6S2/c1-5-19(6-2)13(3)12-18-28(24,25)16-11-14(7-8-15(16)26-4)20-17(21)9-10-27(20,22)23/h7-8,11,13,18H,5-6,9-10,12H2,1-4H3/t13-/m0/s1. The second kappa shape index (κ2) is 8.76. The molecule has 0 saturated carbocycles. The minimum atomic E-state index is -3.99. The van der Waals surface area contributed by atoms with E-state index in [0.717, 1.165) is 19.2 Å². The average Bonchev–Trinajstić information content (AvgIpc) is 2.93. The Balaban J connectivity index is 2.36. The van der Waals surface area contributed by atoms with Gasteiger partial charge in [0.2, 0.25) is 26.0 Å². The predicted molar refractivity (Wildman–Crippen MR) is 106 cm³/mol. The Morgan fingerprint density at radius 2 is 1.93 bits per heavy atom. The van der Waals surface area contributed by atoms with Gasteiger partial charge >= 0.3 is 0 Å². The minimum absolute atomic E-state index is 0.0135. The largest absolute Gasteiger partial charge is 0.495 e. The fourth-order valence-electron chi connectivity index (χ4n) is 3.15. The van der Waals surface area contributed by atoms with E-state index in [9.17, 15) is 21.6 Å². The lowest BCUT2D eigenvalue weighted by molar-refractivity contribution is -0.116. The number of carbonyl (C=O) groups is 1. The molecule has 1 N–H and O–H groups in total. The van der Waals surface area contributed by atoms with Gasteiger partial charge in [0.15, 0.2) is 0 Å². The fraction of sp³-hybridized carbons (Fsp3) is 0.588. The molecule has 2 rings (SSSR count). The van der Waals surface area contributed by atoms with Crippen LogP contribution in [0.3, 0.4) is 0 Å². The highest BCUT2D eigenvalue weighted by molar-refractivity contribution is 7.94. The molecule has 0 spiro atoms. The molecule has 1 aromatic carbocycles. The van der Waals surface area contributed by atoms with Gasteiger partial charge in [-0.15, -0.1) is 0 Å². The van der Waals surface area contributed by atoms with Gasteiger partial charge in [-0.1, -0.05) is 13.8 Å². The van der Waals surface area contributed by atoms with Crippen molar-refractivity contribution >= 4 is 31.6 Å². The van der Waals surface area contributed by atoms with Gasteiger partial charge in [0.05, 0.1) is 18.6 Å². The molecule has 0 aromatic heterocycles. The molecule has 1 amide bonds. The number of rotatable bonds is 9. The molecule has 11 heteroatoms. The molecule has 1 aromatic rings. The van der Waals surface area contributed by atoms with Crippen molar-refractivity contribution in [1.29, 1.82) is 0 Å². The van der Waals surface area contributed by atoms with Crippen LogP contribution in [0.15, 0.2) is 23.1 Å². The average molecular weight is 434 g/mol. The third-order valence-electron chi connectivity index (χ3n) is 4.75. The molecule has 9 nitrogen and oxygen atoms in total. The fourth-order valence-corrected chi connectivity index (χ4v) is 5.91. The van der Waals surface area contributed by atoms with Gasteiger partial charge in [0, 0.05) is 19.0 Å². The maximum atomic E-state index is 12.9. The molecular weight excluding hydrogens is 406 g/mol. The van der Waals surface area contributed by atoms with Crippen LogP contribution in [0.2, 0.25) is 0 Å². The highest BCUT2D eigenvalue weighted by Gasteiger charge is 2.37. The summed E-state index contributed by atoms with van der Waals surface area (Å²) in [6.07, 6.45) is -0.129. The summed E-state index contributed by atoms with van der Waals surface area (Å²) in [5.74, 6) is -0.813. The highest BCUT2D eigenvalue weighted by atomic mass is 32.2. The third kappa shape index (κ3) is 4.65. The monoisotopic (exact) mass is 433 g/mol.